The highest BCUT2D eigenvalue weighted by atomic mass is 79.9. The summed E-state index contributed by atoms with van der Waals surface area (Å²) in [5.74, 6) is 5.48. The number of nitrogens with zero attached hydrogens (tertiary/aromatic N) is 1. The molecule has 108 valence electrons. The van der Waals surface area contributed by atoms with E-state index in [1.807, 2.05) is 11.4 Å². The van der Waals surface area contributed by atoms with E-state index in [-0.39, 0.29) is 12.5 Å². The molecule has 0 aromatic carbocycles. The molecule has 0 aliphatic rings. The molecule has 2 aromatic rings. The lowest BCUT2D eigenvalue weighted by Crippen LogP contribution is -2.22. The average molecular weight is 365 g/mol. The van der Waals surface area contributed by atoms with Gasteiger partial charge >= 0.3 is 0 Å². The molecule has 4 nitrogen and oxygen atoms in total. The molecule has 21 heavy (non-hydrogen) atoms. The van der Waals surface area contributed by atoms with Gasteiger partial charge in [-0.25, -0.2) is 0 Å². The van der Waals surface area contributed by atoms with Crippen LogP contribution in [0.2, 0.25) is 0 Å². The van der Waals surface area contributed by atoms with E-state index in [1.165, 1.54) is 6.20 Å². The summed E-state index contributed by atoms with van der Waals surface area (Å²) in [4.78, 5) is 17.1. The molecule has 0 atom stereocenters. The van der Waals surface area contributed by atoms with Gasteiger partial charge in [-0.2, -0.15) is 0 Å². The Bertz CT molecular complexity index is 688. The van der Waals surface area contributed by atoms with Gasteiger partial charge in [-0.1, -0.05) is 11.8 Å². The maximum absolute atomic E-state index is 12.1. The summed E-state index contributed by atoms with van der Waals surface area (Å²) in [6.07, 6.45) is 3.51. The smallest absolute Gasteiger partial charge is 0.253 e. The van der Waals surface area contributed by atoms with E-state index >= 15 is 0 Å². The number of pyridine rings is 1. The van der Waals surface area contributed by atoms with Crippen LogP contribution in [0.1, 0.15) is 27.2 Å². The molecule has 6 heteroatoms. The maximum atomic E-state index is 12.1. The zero-order valence-electron chi connectivity index (χ0n) is 11.1. The monoisotopic (exact) mass is 364 g/mol. The molecule has 0 bridgehead atoms. The molecule has 0 spiro atoms. The van der Waals surface area contributed by atoms with Crippen molar-refractivity contribution in [3.8, 4) is 11.8 Å². The summed E-state index contributed by atoms with van der Waals surface area (Å²) in [5.41, 5.74) is 1.14. The number of halogens is 1. The van der Waals surface area contributed by atoms with Gasteiger partial charge in [0.2, 0.25) is 0 Å². The SMILES string of the molecule is O=C(NCc1cc(Br)cs1)c1cncc(C#CCCO)c1. The topological polar surface area (TPSA) is 62.2 Å². The Kier molecular flexibility index (Phi) is 5.93. The van der Waals surface area contributed by atoms with Crippen molar-refractivity contribution >= 4 is 33.2 Å². The lowest BCUT2D eigenvalue weighted by atomic mass is 10.2. The van der Waals surface area contributed by atoms with Crippen molar-refractivity contribution in [1.82, 2.24) is 10.3 Å². The first-order valence-electron chi connectivity index (χ1n) is 6.25. The predicted molar refractivity (Wildman–Crippen MR) is 86.0 cm³/mol. The number of aliphatic hydroxyl groups is 1. The quantitative estimate of drug-likeness (QED) is 0.819. The number of thiophene rings is 1. The number of nitrogens with one attached hydrogen (secondary N) is 1. The van der Waals surface area contributed by atoms with Crippen molar-refractivity contribution in [2.24, 2.45) is 0 Å². The second-order valence-corrected chi connectivity index (χ2v) is 6.06. The van der Waals surface area contributed by atoms with Gasteiger partial charge in [-0.15, -0.1) is 11.3 Å². The van der Waals surface area contributed by atoms with Crippen LogP contribution < -0.4 is 5.32 Å². The third-order valence-corrected chi connectivity index (χ3v) is 4.21. The highest BCUT2D eigenvalue weighted by molar-refractivity contribution is 9.10. The van der Waals surface area contributed by atoms with E-state index in [0.29, 0.717) is 24.1 Å². The fourth-order valence-electron chi connectivity index (χ4n) is 1.57. The van der Waals surface area contributed by atoms with Gasteiger partial charge in [0.1, 0.15) is 0 Å². The number of hydrogen-bond donors (Lipinski definition) is 2. The van der Waals surface area contributed by atoms with Gasteiger partial charge in [0.05, 0.1) is 18.7 Å². The van der Waals surface area contributed by atoms with E-state index in [0.717, 1.165) is 9.35 Å². The van der Waals surface area contributed by atoms with Crippen LogP contribution >= 0.6 is 27.3 Å². The fraction of sp³-hybridized carbons (Fsp3) is 0.200. The fourth-order valence-corrected chi connectivity index (χ4v) is 2.96. The number of amides is 1. The summed E-state index contributed by atoms with van der Waals surface area (Å²) in [6.45, 7) is 0.506. The molecule has 0 radical (unpaired) electrons. The largest absolute Gasteiger partial charge is 0.395 e. The third-order valence-electron chi connectivity index (χ3n) is 2.51. The number of aromatic nitrogens is 1. The molecule has 2 rings (SSSR count). The van der Waals surface area contributed by atoms with Crippen LogP contribution in [0.5, 0.6) is 0 Å². The van der Waals surface area contributed by atoms with Crippen molar-refractivity contribution < 1.29 is 9.90 Å². The summed E-state index contributed by atoms with van der Waals surface area (Å²) in [7, 11) is 0. The second-order valence-electron chi connectivity index (χ2n) is 4.15. The van der Waals surface area contributed by atoms with Crippen molar-refractivity contribution in [1.29, 1.82) is 0 Å². The second kappa shape index (κ2) is 7.93. The Morgan fingerprint density at radius 2 is 2.29 bits per heavy atom. The number of rotatable bonds is 4. The Morgan fingerprint density at radius 1 is 1.43 bits per heavy atom. The number of carbonyl (C=O) groups excluding carboxylic acids is 1. The summed E-state index contributed by atoms with van der Waals surface area (Å²) < 4.78 is 1.01. The van der Waals surface area contributed by atoms with Gasteiger partial charge in [0.15, 0.2) is 0 Å². The maximum Gasteiger partial charge on any atom is 0.253 e. The van der Waals surface area contributed by atoms with Gasteiger partial charge in [0, 0.05) is 39.1 Å². The molecule has 2 heterocycles. The Balaban J connectivity index is 1.99. The zero-order valence-corrected chi connectivity index (χ0v) is 13.5. The lowest BCUT2D eigenvalue weighted by Gasteiger charge is -2.03. The molecule has 2 N–H and O–H groups in total. The minimum atomic E-state index is -0.183. The van der Waals surface area contributed by atoms with Crippen LogP contribution in [0.4, 0.5) is 0 Å². The van der Waals surface area contributed by atoms with E-state index in [1.54, 1.807) is 23.6 Å². The first kappa shape index (κ1) is 15.7. The third kappa shape index (κ3) is 4.97. The highest BCUT2D eigenvalue weighted by Crippen LogP contribution is 2.19. The van der Waals surface area contributed by atoms with Crippen molar-refractivity contribution in [2.45, 2.75) is 13.0 Å². The lowest BCUT2D eigenvalue weighted by molar-refractivity contribution is 0.0951. The van der Waals surface area contributed by atoms with Gasteiger partial charge in [-0.3, -0.25) is 9.78 Å². The van der Waals surface area contributed by atoms with Gasteiger partial charge in [0.25, 0.3) is 5.91 Å². The normalized spacial score (nSPS) is 9.81. The van der Waals surface area contributed by atoms with Crippen LogP contribution in [0, 0.1) is 11.8 Å². The molecule has 0 saturated carbocycles. The Morgan fingerprint density at radius 3 is 3.00 bits per heavy atom. The molecule has 0 aliphatic heterocycles. The summed E-state index contributed by atoms with van der Waals surface area (Å²) in [6, 6.07) is 3.66. The number of aliphatic hydroxyl groups excluding tert-OH is 1. The van der Waals surface area contributed by atoms with E-state index in [4.69, 9.17) is 5.11 Å². The molecule has 0 aliphatic carbocycles. The van der Waals surface area contributed by atoms with Crippen molar-refractivity contribution in [3.63, 3.8) is 0 Å². The number of hydrogen-bond acceptors (Lipinski definition) is 4. The van der Waals surface area contributed by atoms with Crippen LogP contribution in [-0.4, -0.2) is 22.6 Å². The van der Waals surface area contributed by atoms with Crippen LogP contribution in [0.15, 0.2) is 34.4 Å². The van der Waals surface area contributed by atoms with E-state index in [9.17, 15) is 4.79 Å². The first-order valence-corrected chi connectivity index (χ1v) is 7.92. The van der Waals surface area contributed by atoms with Crippen LogP contribution in [0.3, 0.4) is 0 Å². The minimum Gasteiger partial charge on any atom is -0.395 e. The molecular weight excluding hydrogens is 352 g/mol. The molecular formula is C15H13BrN2O2S. The highest BCUT2D eigenvalue weighted by Gasteiger charge is 2.07. The summed E-state index contributed by atoms with van der Waals surface area (Å²) in [5, 5.41) is 13.5. The molecule has 0 unspecified atom stereocenters. The Hall–Kier alpha value is -1.68. The molecule has 1 amide bonds. The minimum absolute atomic E-state index is 0.0248. The first-order chi connectivity index (χ1) is 10.2. The molecule has 0 saturated heterocycles. The van der Waals surface area contributed by atoms with E-state index < -0.39 is 0 Å². The van der Waals surface area contributed by atoms with Crippen molar-refractivity contribution in [2.75, 3.05) is 6.61 Å². The van der Waals surface area contributed by atoms with Gasteiger partial charge < -0.3 is 10.4 Å². The zero-order chi connectivity index (χ0) is 15.1. The van der Waals surface area contributed by atoms with Crippen LogP contribution in [-0.2, 0) is 6.54 Å². The average Bonchev–Trinajstić information content (AvgIpc) is 2.91. The predicted octanol–water partition coefficient (Wildman–Crippen LogP) is 2.57. The molecule has 0 fully saturated rings. The number of carbonyl (C=O) groups is 1. The summed E-state index contributed by atoms with van der Waals surface area (Å²) >= 11 is 4.96. The van der Waals surface area contributed by atoms with Crippen LogP contribution in [0.25, 0.3) is 0 Å². The van der Waals surface area contributed by atoms with Gasteiger partial charge in [-0.05, 0) is 28.1 Å². The molecule has 2 aromatic heterocycles. The van der Waals surface area contributed by atoms with E-state index in [2.05, 4.69) is 38.1 Å². The van der Waals surface area contributed by atoms with Crippen molar-refractivity contribution in [3.05, 3.63) is 50.4 Å². The Labute approximate surface area is 135 Å². The standard InChI is InChI=1S/C15H13BrN2O2S/c16-13-6-14(21-10-13)9-18-15(20)12-5-11(7-17-8-12)3-1-2-4-19/h5-8,10,19H,2,4,9H2,(H,18,20).